The highest BCUT2D eigenvalue weighted by molar-refractivity contribution is 6.58. The minimum atomic E-state index is -1.60. The summed E-state index contributed by atoms with van der Waals surface area (Å²) in [5.41, 5.74) is 0.189. The first kappa shape index (κ1) is 12.3. The molecule has 1 atom stereocenters. The summed E-state index contributed by atoms with van der Waals surface area (Å²) in [4.78, 5) is 21.0. The quantitative estimate of drug-likeness (QED) is 0.520. The van der Waals surface area contributed by atoms with Crippen LogP contribution < -0.4 is 10.4 Å². The molecule has 1 aliphatic heterocycles. The van der Waals surface area contributed by atoms with E-state index in [1.54, 1.807) is 0 Å². The minimum absolute atomic E-state index is 0.0621. The predicted octanol–water partition coefficient (Wildman–Crippen LogP) is -1.25. The fraction of sp³-hybridized carbons (Fsp3) is 0.444. The smallest absolute Gasteiger partial charge is 0.423 e. The number of halogens is 1. The van der Waals surface area contributed by atoms with Crippen molar-refractivity contribution >= 4 is 36.0 Å². The molecule has 1 fully saturated rings. The number of carbonyl (C=O) groups excluding carboxylic acids is 1. The lowest BCUT2D eigenvalue weighted by Crippen LogP contribution is -2.33. The highest BCUT2D eigenvalue weighted by Crippen LogP contribution is 2.22. The third-order valence-electron chi connectivity index (χ3n) is 2.62. The second-order valence-electron chi connectivity index (χ2n) is 3.92. The molecule has 90 valence electrons. The number of amides is 1. The molecule has 8 heteroatoms. The fourth-order valence-corrected chi connectivity index (χ4v) is 1.89. The van der Waals surface area contributed by atoms with E-state index >= 15 is 0 Å². The molecular formula is C9H11BClN3O3. The van der Waals surface area contributed by atoms with E-state index in [2.05, 4.69) is 9.97 Å². The fourth-order valence-electron chi connectivity index (χ4n) is 1.68. The average molecular weight is 255 g/mol. The van der Waals surface area contributed by atoms with Gasteiger partial charge in [-0.05, 0) is 5.92 Å². The SMILES string of the molecule is O=C1CC(CCl)CN1c1ncc(B(O)O)cn1. The van der Waals surface area contributed by atoms with Crippen LogP contribution in [0.1, 0.15) is 6.42 Å². The maximum Gasteiger partial charge on any atom is 0.491 e. The van der Waals surface area contributed by atoms with Gasteiger partial charge in [-0.25, -0.2) is 9.97 Å². The first-order valence-corrected chi connectivity index (χ1v) is 5.69. The molecule has 1 aromatic heterocycles. The molecule has 0 radical (unpaired) electrons. The van der Waals surface area contributed by atoms with Gasteiger partial charge in [0, 0.05) is 36.7 Å². The number of hydrogen-bond acceptors (Lipinski definition) is 5. The maximum atomic E-state index is 11.7. The first-order chi connectivity index (χ1) is 8.11. The molecule has 0 bridgehead atoms. The van der Waals surface area contributed by atoms with Crippen molar-refractivity contribution in [2.24, 2.45) is 5.92 Å². The average Bonchev–Trinajstić information content (AvgIpc) is 2.71. The van der Waals surface area contributed by atoms with Crippen LogP contribution in [0.25, 0.3) is 0 Å². The summed E-state index contributed by atoms with van der Waals surface area (Å²) in [6.45, 7) is 0.503. The van der Waals surface area contributed by atoms with Crippen molar-refractivity contribution in [2.45, 2.75) is 6.42 Å². The van der Waals surface area contributed by atoms with Gasteiger partial charge < -0.3 is 10.0 Å². The Hall–Kier alpha value is -1.18. The van der Waals surface area contributed by atoms with E-state index < -0.39 is 7.12 Å². The van der Waals surface area contributed by atoms with Crippen molar-refractivity contribution in [3.8, 4) is 0 Å². The van der Waals surface area contributed by atoms with Crippen LogP contribution in [-0.2, 0) is 4.79 Å². The molecule has 2 heterocycles. The van der Waals surface area contributed by atoms with Crippen LogP contribution in [-0.4, -0.2) is 45.5 Å². The molecule has 17 heavy (non-hydrogen) atoms. The molecule has 0 saturated carbocycles. The second kappa shape index (κ2) is 4.99. The van der Waals surface area contributed by atoms with E-state index in [1.165, 1.54) is 17.3 Å². The van der Waals surface area contributed by atoms with Gasteiger partial charge in [0.15, 0.2) is 0 Å². The summed E-state index contributed by atoms with van der Waals surface area (Å²) in [7, 11) is -1.60. The molecule has 0 aromatic carbocycles. The summed E-state index contributed by atoms with van der Waals surface area (Å²) in [5.74, 6) is 0.756. The largest absolute Gasteiger partial charge is 0.491 e. The zero-order valence-electron chi connectivity index (χ0n) is 8.95. The van der Waals surface area contributed by atoms with Gasteiger partial charge in [0.1, 0.15) is 0 Å². The Balaban J connectivity index is 2.15. The van der Waals surface area contributed by atoms with E-state index in [0.717, 1.165) is 0 Å². The Labute approximate surface area is 103 Å². The van der Waals surface area contributed by atoms with Crippen LogP contribution in [0.15, 0.2) is 12.4 Å². The summed E-state index contributed by atoms with van der Waals surface area (Å²) >= 11 is 5.71. The van der Waals surface area contributed by atoms with E-state index in [-0.39, 0.29) is 23.2 Å². The molecule has 2 N–H and O–H groups in total. The van der Waals surface area contributed by atoms with Crippen molar-refractivity contribution < 1.29 is 14.8 Å². The van der Waals surface area contributed by atoms with Gasteiger partial charge in [0.2, 0.25) is 11.9 Å². The molecule has 2 rings (SSSR count). The van der Waals surface area contributed by atoms with Gasteiger partial charge in [0.05, 0.1) is 0 Å². The second-order valence-corrected chi connectivity index (χ2v) is 4.23. The molecule has 1 unspecified atom stereocenters. The van der Waals surface area contributed by atoms with Crippen LogP contribution in [0.4, 0.5) is 5.95 Å². The van der Waals surface area contributed by atoms with Crippen molar-refractivity contribution in [2.75, 3.05) is 17.3 Å². The van der Waals surface area contributed by atoms with Crippen LogP contribution in [0.5, 0.6) is 0 Å². The highest BCUT2D eigenvalue weighted by Gasteiger charge is 2.31. The van der Waals surface area contributed by atoms with Gasteiger partial charge in [-0.2, -0.15) is 0 Å². The van der Waals surface area contributed by atoms with Crippen molar-refractivity contribution in [3.63, 3.8) is 0 Å². The Bertz CT molecular complexity index is 414. The Kier molecular flexibility index (Phi) is 3.61. The Morgan fingerprint density at radius 2 is 2.12 bits per heavy atom. The van der Waals surface area contributed by atoms with E-state index in [9.17, 15) is 4.79 Å². The maximum absolute atomic E-state index is 11.7. The number of anilines is 1. The normalized spacial score (nSPS) is 19.8. The molecule has 1 saturated heterocycles. The van der Waals surface area contributed by atoms with E-state index in [4.69, 9.17) is 21.6 Å². The van der Waals surface area contributed by atoms with Gasteiger partial charge in [0.25, 0.3) is 0 Å². The molecular weight excluding hydrogens is 244 g/mol. The van der Waals surface area contributed by atoms with Crippen molar-refractivity contribution in [1.82, 2.24) is 9.97 Å². The third kappa shape index (κ3) is 2.57. The number of hydrogen-bond donors (Lipinski definition) is 2. The number of rotatable bonds is 3. The van der Waals surface area contributed by atoms with Crippen LogP contribution in [0, 0.1) is 5.92 Å². The monoisotopic (exact) mass is 255 g/mol. The summed E-state index contributed by atoms with van der Waals surface area (Å²) in [6.07, 6.45) is 2.97. The van der Waals surface area contributed by atoms with Crippen LogP contribution in [0.2, 0.25) is 0 Å². The van der Waals surface area contributed by atoms with Gasteiger partial charge in [-0.15, -0.1) is 11.6 Å². The molecule has 1 aliphatic rings. The lowest BCUT2D eigenvalue weighted by Gasteiger charge is -2.13. The number of alkyl halides is 1. The van der Waals surface area contributed by atoms with Gasteiger partial charge >= 0.3 is 7.12 Å². The predicted molar refractivity (Wildman–Crippen MR) is 63.0 cm³/mol. The van der Waals surface area contributed by atoms with Crippen LogP contribution >= 0.6 is 11.6 Å². The molecule has 0 aliphatic carbocycles. The molecule has 1 aromatic rings. The lowest BCUT2D eigenvalue weighted by molar-refractivity contribution is -0.117. The summed E-state index contributed by atoms with van der Waals surface area (Å²) in [5, 5.41) is 17.8. The Morgan fingerprint density at radius 1 is 1.47 bits per heavy atom. The zero-order chi connectivity index (χ0) is 12.4. The summed E-state index contributed by atoms with van der Waals surface area (Å²) < 4.78 is 0. The van der Waals surface area contributed by atoms with Crippen molar-refractivity contribution in [1.29, 1.82) is 0 Å². The topological polar surface area (TPSA) is 86.6 Å². The first-order valence-electron chi connectivity index (χ1n) is 5.16. The third-order valence-corrected chi connectivity index (χ3v) is 3.06. The van der Waals surface area contributed by atoms with E-state index in [0.29, 0.717) is 18.8 Å². The standard InChI is InChI=1S/C9H11BClN3O3/c11-2-6-1-8(15)14(5-6)9-12-3-7(4-13-9)10(16)17/h3-4,6,16-17H,1-2,5H2. The zero-order valence-corrected chi connectivity index (χ0v) is 9.71. The number of nitrogens with zero attached hydrogens (tertiary/aromatic N) is 3. The highest BCUT2D eigenvalue weighted by atomic mass is 35.5. The number of carbonyl (C=O) groups is 1. The molecule has 0 spiro atoms. The summed E-state index contributed by atoms with van der Waals surface area (Å²) in [6, 6.07) is 0. The van der Waals surface area contributed by atoms with E-state index in [1.807, 2.05) is 0 Å². The van der Waals surface area contributed by atoms with Gasteiger partial charge in [-0.1, -0.05) is 0 Å². The van der Waals surface area contributed by atoms with Gasteiger partial charge in [-0.3, -0.25) is 9.69 Å². The lowest BCUT2D eigenvalue weighted by atomic mass is 9.83. The van der Waals surface area contributed by atoms with Crippen molar-refractivity contribution in [3.05, 3.63) is 12.4 Å². The Morgan fingerprint density at radius 3 is 2.59 bits per heavy atom. The molecule has 6 nitrogen and oxygen atoms in total. The number of aromatic nitrogens is 2. The van der Waals surface area contributed by atoms with Crippen LogP contribution in [0.3, 0.4) is 0 Å². The molecule has 1 amide bonds. The minimum Gasteiger partial charge on any atom is -0.423 e.